The van der Waals surface area contributed by atoms with Gasteiger partial charge in [-0.1, -0.05) is 30.3 Å². The molecule has 0 aliphatic heterocycles. The Labute approximate surface area is 115 Å². The van der Waals surface area contributed by atoms with Crippen LogP contribution in [0.1, 0.15) is 11.3 Å². The molecule has 4 heteroatoms. The van der Waals surface area contributed by atoms with E-state index in [1.54, 1.807) is 18.2 Å². The largest absolute Gasteiger partial charge is 0.483 e. The molecule has 0 fully saturated rings. The van der Waals surface area contributed by atoms with Crippen LogP contribution in [-0.4, -0.2) is 0 Å². The number of hydrogen-bond acceptors (Lipinski definition) is 3. The molecule has 0 bridgehead atoms. The predicted octanol–water partition coefficient (Wildman–Crippen LogP) is 3.61. The van der Waals surface area contributed by atoms with Crippen LogP contribution in [0.2, 0.25) is 0 Å². The Morgan fingerprint density at radius 2 is 1.80 bits per heavy atom. The van der Waals surface area contributed by atoms with Crippen LogP contribution in [0.4, 0.5) is 4.39 Å². The molecule has 2 N–H and O–H groups in total. The van der Waals surface area contributed by atoms with Crippen molar-refractivity contribution in [2.75, 3.05) is 0 Å². The SMILES string of the molecule is NCc1c(COc2ccccc2F)oc2ccccc12. The van der Waals surface area contributed by atoms with Crippen LogP contribution in [0.15, 0.2) is 52.9 Å². The van der Waals surface area contributed by atoms with Crippen molar-refractivity contribution in [3.8, 4) is 5.75 Å². The highest BCUT2D eigenvalue weighted by molar-refractivity contribution is 5.82. The Balaban J connectivity index is 1.89. The van der Waals surface area contributed by atoms with E-state index in [4.69, 9.17) is 14.9 Å². The average Bonchev–Trinajstić information content (AvgIpc) is 2.84. The third kappa shape index (κ3) is 2.26. The van der Waals surface area contributed by atoms with E-state index >= 15 is 0 Å². The molecule has 0 saturated carbocycles. The quantitative estimate of drug-likeness (QED) is 0.788. The first-order valence-electron chi connectivity index (χ1n) is 6.36. The summed E-state index contributed by atoms with van der Waals surface area (Å²) in [6.07, 6.45) is 0. The summed E-state index contributed by atoms with van der Waals surface area (Å²) >= 11 is 0. The Hall–Kier alpha value is -2.33. The highest BCUT2D eigenvalue weighted by atomic mass is 19.1. The summed E-state index contributed by atoms with van der Waals surface area (Å²) in [5, 5.41) is 0.974. The molecule has 0 aliphatic rings. The van der Waals surface area contributed by atoms with Crippen molar-refractivity contribution in [1.82, 2.24) is 0 Å². The minimum absolute atomic E-state index is 0.155. The second kappa shape index (κ2) is 5.35. The molecular weight excluding hydrogens is 257 g/mol. The standard InChI is InChI=1S/C16H14FNO2/c17-13-6-2-4-8-15(13)19-10-16-12(9-18)11-5-1-3-7-14(11)20-16/h1-8H,9-10,18H2. The van der Waals surface area contributed by atoms with Gasteiger partial charge in [0.25, 0.3) is 0 Å². The number of ether oxygens (including phenoxy) is 1. The fourth-order valence-corrected chi connectivity index (χ4v) is 2.19. The Morgan fingerprint density at radius 3 is 2.60 bits per heavy atom. The van der Waals surface area contributed by atoms with Gasteiger partial charge in [0.1, 0.15) is 18.0 Å². The van der Waals surface area contributed by atoms with Gasteiger partial charge >= 0.3 is 0 Å². The molecule has 0 radical (unpaired) electrons. The molecule has 102 valence electrons. The van der Waals surface area contributed by atoms with Crippen molar-refractivity contribution >= 4 is 11.0 Å². The van der Waals surface area contributed by atoms with Gasteiger partial charge < -0.3 is 14.9 Å². The molecule has 3 nitrogen and oxygen atoms in total. The van der Waals surface area contributed by atoms with Gasteiger partial charge in [-0.25, -0.2) is 4.39 Å². The van der Waals surface area contributed by atoms with Gasteiger partial charge in [0, 0.05) is 17.5 Å². The minimum atomic E-state index is -0.391. The lowest BCUT2D eigenvalue weighted by molar-refractivity contribution is 0.260. The van der Waals surface area contributed by atoms with Gasteiger partial charge in [0.05, 0.1) is 0 Å². The molecule has 20 heavy (non-hydrogen) atoms. The van der Waals surface area contributed by atoms with Gasteiger partial charge in [-0.3, -0.25) is 0 Å². The van der Waals surface area contributed by atoms with Crippen LogP contribution in [0.3, 0.4) is 0 Å². The molecule has 3 aromatic rings. The molecule has 3 rings (SSSR count). The minimum Gasteiger partial charge on any atom is -0.483 e. The fraction of sp³-hybridized carbons (Fsp3) is 0.125. The number of halogens is 1. The van der Waals surface area contributed by atoms with Crippen LogP contribution >= 0.6 is 0 Å². The number of rotatable bonds is 4. The molecule has 0 aliphatic carbocycles. The normalized spacial score (nSPS) is 10.9. The van der Waals surface area contributed by atoms with Crippen LogP contribution in [-0.2, 0) is 13.2 Å². The van der Waals surface area contributed by atoms with E-state index in [1.807, 2.05) is 24.3 Å². The number of fused-ring (bicyclic) bond motifs is 1. The summed E-state index contributed by atoms with van der Waals surface area (Å²) in [7, 11) is 0. The molecule has 0 saturated heterocycles. The zero-order chi connectivity index (χ0) is 13.9. The van der Waals surface area contributed by atoms with Crippen molar-refractivity contribution in [3.05, 3.63) is 65.7 Å². The number of benzene rings is 2. The lowest BCUT2D eigenvalue weighted by atomic mass is 10.1. The molecule has 1 heterocycles. The molecule has 0 spiro atoms. The highest BCUT2D eigenvalue weighted by Crippen LogP contribution is 2.27. The topological polar surface area (TPSA) is 48.4 Å². The van der Waals surface area contributed by atoms with Crippen LogP contribution in [0.25, 0.3) is 11.0 Å². The molecule has 1 aromatic heterocycles. The summed E-state index contributed by atoms with van der Waals surface area (Å²) in [6, 6.07) is 13.9. The number of hydrogen-bond donors (Lipinski definition) is 1. The van der Waals surface area contributed by atoms with E-state index in [9.17, 15) is 4.39 Å². The van der Waals surface area contributed by atoms with E-state index in [2.05, 4.69) is 0 Å². The predicted molar refractivity (Wildman–Crippen MR) is 74.8 cm³/mol. The fourth-order valence-electron chi connectivity index (χ4n) is 2.19. The number of furan rings is 1. The van der Waals surface area contributed by atoms with Crippen LogP contribution < -0.4 is 10.5 Å². The smallest absolute Gasteiger partial charge is 0.165 e. The van der Waals surface area contributed by atoms with E-state index in [-0.39, 0.29) is 12.4 Å². The first kappa shape index (κ1) is 12.7. The van der Waals surface area contributed by atoms with Gasteiger partial charge in [0.2, 0.25) is 0 Å². The van der Waals surface area contributed by atoms with Crippen molar-refractivity contribution in [2.24, 2.45) is 5.73 Å². The maximum absolute atomic E-state index is 13.5. The van der Waals surface area contributed by atoms with Gasteiger partial charge in [-0.05, 0) is 18.2 Å². The highest BCUT2D eigenvalue weighted by Gasteiger charge is 2.13. The van der Waals surface area contributed by atoms with Crippen LogP contribution in [0.5, 0.6) is 5.75 Å². The molecular formula is C16H14FNO2. The zero-order valence-electron chi connectivity index (χ0n) is 10.8. The molecule has 0 unspecified atom stereocenters. The summed E-state index contributed by atoms with van der Waals surface area (Å²) < 4.78 is 24.7. The maximum atomic E-state index is 13.5. The maximum Gasteiger partial charge on any atom is 0.165 e. The lowest BCUT2D eigenvalue weighted by Crippen LogP contribution is -2.03. The third-order valence-corrected chi connectivity index (χ3v) is 3.18. The van der Waals surface area contributed by atoms with Gasteiger partial charge in [-0.2, -0.15) is 0 Å². The third-order valence-electron chi connectivity index (χ3n) is 3.18. The second-order valence-corrected chi connectivity index (χ2v) is 4.42. The lowest BCUT2D eigenvalue weighted by Gasteiger charge is -2.06. The van der Waals surface area contributed by atoms with Crippen molar-refractivity contribution in [3.63, 3.8) is 0 Å². The van der Waals surface area contributed by atoms with E-state index in [0.29, 0.717) is 12.3 Å². The van der Waals surface area contributed by atoms with Crippen molar-refractivity contribution in [2.45, 2.75) is 13.2 Å². The summed E-state index contributed by atoms with van der Waals surface area (Å²) in [4.78, 5) is 0. The number of para-hydroxylation sites is 2. The summed E-state index contributed by atoms with van der Waals surface area (Å²) in [5.41, 5.74) is 7.43. The summed E-state index contributed by atoms with van der Waals surface area (Å²) in [6.45, 7) is 0.509. The first-order chi connectivity index (χ1) is 9.79. The summed E-state index contributed by atoms with van der Waals surface area (Å²) in [5.74, 6) is 0.450. The average molecular weight is 271 g/mol. The zero-order valence-corrected chi connectivity index (χ0v) is 10.8. The molecule has 0 amide bonds. The monoisotopic (exact) mass is 271 g/mol. The van der Waals surface area contributed by atoms with E-state index in [0.717, 1.165) is 16.5 Å². The first-order valence-corrected chi connectivity index (χ1v) is 6.36. The van der Waals surface area contributed by atoms with Crippen LogP contribution in [0, 0.1) is 5.82 Å². The van der Waals surface area contributed by atoms with Crippen molar-refractivity contribution < 1.29 is 13.5 Å². The molecule has 0 atom stereocenters. The Morgan fingerprint density at radius 1 is 1.05 bits per heavy atom. The van der Waals surface area contributed by atoms with E-state index in [1.165, 1.54) is 6.07 Å². The van der Waals surface area contributed by atoms with Gasteiger partial charge in [0.15, 0.2) is 11.6 Å². The van der Waals surface area contributed by atoms with Gasteiger partial charge in [-0.15, -0.1) is 0 Å². The van der Waals surface area contributed by atoms with Crippen molar-refractivity contribution in [1.29, 1.82) is 0 Å². The molecule has 2 aromatic carbocycles. The number of nitrogens with two attached hydrogens (primary N) is 1. The Bertz CT molecular complexity index is 736. The Kier molecular flexibility index (Phi) is 3.39. The van der Waals surface area contributed by atoms with E-state index < -0.39 is 5.82 Å². The second-order valence-electron chi connectivity index (χ2n) is 4.42.